The van der Waals surface area contributed by atoms with Crippen LogP contribution in [-0.4, -0.2) is 24.5 Å². The van der Waals surface area contributed by atoms with Crippen molar-refractivity contribution in [1.29, 1.82) is 0 Å². The average Bonchev–Trinajstić information content (AvgIpc) is 2.67. The Bertz CT molecular complexity index is 821. The van der Waals surface area contributed by atoms with E-state index in [1.807, 2.05) is 30.3 Å². The molecule has 1 N–H and O–H groups in total. The van der Waals surface area contributed by atoms with Crippen LogP contribution in [0.15, 0.2) is 42.5 Å². The number of hydrogen-bond donors (Lipinski definition) is 1. The van der Waals surface area contributed by atoms with Gasteiger partial charge in [0.05, 0.1) is 30.7 Å². The van der Waals surface area contributed by atoms with Crippen molar-refractivity contribution in [2.45, 2.75) is 33.2 Å². The van der Waals surface area contributed by atoms with Crippen molar-refractivity contribution in [1.82, 2.24) is 5.32 Å². The summed E-state index contributed by atoms with van der Waals surface area (Å²) in [7, 11) is 1.40. The third-order valence-electron chi connectivity index (χ3n) is 4.24. The molecule has 0 fully saturated rings. The van der Waals surface area contributed by atoms with Crippen molar-refractivity contribution in [3.63, 3.8) is 0 Å². The number of ether oxygens (including phenoxy) is 2. The smallest absolute Gasteiger partial charge is 0.286 e. The van der Waals surface area contributed by atoms with Crippen molar-refractivity contribution < 1.29 is 19.2 Å². The number of amides is 1. The third-order valence-corrected chi connectivity index (χ3v) is 4.24. The lowest BCUT2D eigenvalue weighted by atomic mass is 9.96. The van der Waals surface area contributed by atoms with Crippen molar-refractivity contribution in [2.75, 3.05) is 13.7 Å². The van der Waals surface area contributed by atoms with Gasteiger partial charge in [-0.3, -0.25) is 14.9 Å². The fraction of sp³-hybridized carbons (Fsp3) is 0.381. The first-order valence-corrected chi connectivity index (χ1v) is 9.22. The minimum atomic E-state index is -0.590. The summed E-state index contributed by atoms with van der Waals surface area (Å²) in [6.07, 6.45) is 0.706. The summed E-state index contributed by atoms with van der Waals surface area (Å²) < 4.78 is 10.6. The highest BCUT2D eigenvalue weighted by molar-refractivity contribution is 5.99. The van der Waals surface area contributed by atoms with Gasteiger partial charge in [0.1, 0.15) is 5.56 Å². The average molecular weight is 386 g/mol. The van der Waals surface area contributed by atoms with Gasteiger partial charge in [0, 0.05) is 6.07 Å². The maximum Gasteiger partial charge on any atom is 0.286 e. The molecule has 0 bridgehead atoms. The normalized spacial score (nSPS) is 11.8. The number of carbonyl (C=O) groups excluding carboxylic acids is 1. The van der Waals surface area contributed by atoms with Crippen LogP contribution in [0.3, 0.4) is 0 Å². The summed E-state index contributed by atoms with van der Waals surface area (Å²) in [6, 6.07) is 11.9. The lowest BCUT2D eigenvalue weighted by Crippen LogP contribution is -2.30. The molecule has 0 saturated carbocycles. The quantitative estimate of drug-likeness (QED) is 0.505. The van der Waals surface area contributed by atoms with Crippen LogP contribution in [0.2, 0.25) is 0 Å². The van der Waals surface area contributed by atoms with E-state index in [9.17, 15) is 14.9 Å². The molecule has 1 unspecified atom stereocenters. The monoisotopic (exact) mass is 386 g/mol. The van der Waals surface area contributed by atoms with E-state index in [1.165, 1.54) is 19.2 Å². The molecule has 2 rings (SSSR count). The molecule has 28 heavy (non-hydrogen) atoms. The summed E-state index contributed by atoms with van der Waals surface area (Å²) in [5.41, 5.74) is 0.568. The summed E-state index contributed by atoms with van der Waals surface area (Å²) in [4.78, 5) is 23.9. The van der Waals surface area contributed by atoms with Gasteiger partial charge in [0.25, 0.3) is 11.6 Å². The molecule has 150 valence electrons. The molecule has 1 atom stereocenters. The molecule has 0 aromatic heterocycles. The van der Waals surface area contributed by atoms with Crippen molar-refractivity contribution in [3.8, 4) is 11.5 Å². The first-order chi connectivity index (χ1) is 13.4. The van der Waals surface area contributed by atoms with Gasteiger partial charge in [-0.2, -0.15) is 0 Å². The first-order valence-electron chi connectivity index (χ1n) is 9.22. The van der Waals surface area contributed by atoms with Gasteiger partial charge in [-0.05, 0) is 24.8 Å². The predicted molar refractivity (Wildman–Crippen MR) is 107 cm³/mol. The number of nitrogens with one attached hydrogen (secondary N) is 1. The van der Waals surface area contributed by atoms with Gasteiger partial charge in [-0.25, -0.2) is 0 Å². The highest BCUT2D eigenvalue weighted by Gasteiger charge is 2.27. The van der Waals surface area contributed by atoms with E-state index in [0.29, 0.717) is 24.7 Å². The molecule has 0 aliphatic heterocycles. The Hall–Kier alpha value is -3.09. The number of methoxy groups -OCH3 is 1. The maximum absolute atomic E-state index is 13.0. The molecule has 0 aliphatic carbocycles. The van der Waals surface area contributed by atoms with Gasteiger partial charge in [-0.15, -0.1) is 0 Å². The van der Waals surface area contributed by atoms with E-state index in [4.69, 9.17) is 9.47 Å². The van der Waals surface area contributed by atoms with Crippen molar-refractivity contribution >= 4 is 11.6 Å². The van der Waals surface area contributed by atoms with E-state index in [0.717, 1.165) is 5.56 Å². The number of hydrogen-bond acceptors (Lipinski definition) is 5. The number of nitro groups is 1. The van der Waals surface area contributed by atoms with Gasteiger partial charge >= 0.3 is 0 Å². The van der Waals surface area contributed by atoms with Crippen molar-refractivity contribution in [3.05, 3.63) is 63.7 Å². The number of nitrogens with zero attached hydrogens (tertiary/aromatic N) is 1. The third kappa shape index (κ3) is 5.22. The van der Waals surface area contributed by atoms with E-state index in [1.54, 1.807) is 6.92 Å². The van der Waals surface area contributed by atoms with Gasteiger partial charge in [-0.1, -0.05) is 44.2 Å². The van der Waals surface area contributed by atoms with E-state index >= 15 is 0 Å². The molecule has 0 saturated heterocycles. The van der Waals surface area contributed by atoms with Gasteiger partial charge in [0.15, 0.2) is 11.5 Å². The zero-order chi connectivity index (χ0) is 20.7. The molecular weight excluding hydrogens is 360 g/mol. The molecule has 7 nitrogen and oxygen atoms in total. The van der Waals surface area contributed by atoms with Crippen LogP contribution < -0.4 is 14.8 Å². The highest BCUT2D eigenvalue weighted by Crippen LogP contribution is 2.35. The second kappa shape index (κ2) is 9.73. The number of nitro benzene ring substituents is 1. The molecule has 7 heteroatoms. The van der Waals surface area contributed by atoms with Crippen molar-refractivity contribution in [2.24, 2.45) is 5.92 Å². The largest absolute Gasteiger partial charge is 0.493 e. The Morgan fingerprint density at radius 1 is 1.18 bits per heavy atom. The molecule has 0 aliphatic rings. The Morgan fingerprint density at radius 2 is 1.86 bits per heavy atom. The fourth-order valence-corrected chi connectivity index (χ4v) is 2.98. The Kier molecular flexibility index (Phi) is 7.37. The highest BCUT2D eigenvalue weighted by atomic mass is 16.6. The topological polar surface area (TPSA) is 90.7 Å². The SMILES string of the molecule is CCOc1cc(C(=O)NC(CC(C)C)c2ccccc2)c([N+](=O)[O-])cc1OC. The van der Waals surface area contributed by atoms with Crippen LogP contribution in [-0.2, 0) is 0 Å². The summed E-state index contributed by atoms with van der Waals surface area (Å²) in [5.74, 6) is 0.313. The molecule has 2 aromatic rings. The summed E-state index contributed by atoms with van der Waals surface area (Å²) >= 11 is 0. The molecule has 0 spiro atoms. The van der Waals surface area contributed by atoms with E-state index in [-0.39, 0.29) is 23.0 Å². The first kappa shape index (κ1) is 21.2. The second-order valence-corrected chi connectivity index (χ2v) is 6.78. The number of carbonyl (C=O) groups is 1. The van der Waals surface area contributed by atoms with Gasteiger partial charge in [0.2, 0.25) is 0 Å². The minimum Gasteiger partial charge on any atom is -0.493 e. The van der Waals surface area contributed by atoms with Crippen LogP contribution in [0.4, 0.5) is 5.69 Å². The molecule has 0 heterocycles. The predicted octanol–water partition coefficient (Wildman–Crippen LogP) is 4.52. The lowest BCUT2D eigenvalue weighted by Gasteiger charge is -2.21. The van der Waals surface area contributed by atoms with Crippen LogP contribution in [0.25, 0.3) is 0 Å². The fourth-order valence-electron chi connectivity index (χ4n) is 2.98. The van der Waals surface area contributed by atoms with E-state index < -0.39 is 10.8 Å². The minimum absolute atomic E-state index is 0.0565. The summed E-state index contributed by atoms with van der Waals surface area (Å²) in [5, 5.41) is 14.5. The zero-order valence-electron chi connectivity index (χ0n) is 16.6. The zero-order valence-corrected chi connectivity index (χ0v) is 16.6. The molecular formula is C21H26N2O5. The second-order valence-electron chi connectivity index (χ2n) is 6.78. The van der Waals surface area contributed by atoms with E-state index in [2.05, 4.69) is 19.2 Å². The Morgan fingerprint density at radius 3 is 2.39 bits per heavy atom. The van der Waals surface area contributed by atoms with Crippen LogP contribution >= 0.6 is 0 Å². The lowest BCUT2D eigenvalue weighted by molar-refractivity contribution is -0.385. The summed E-state index contributed by atoms with van der Waals surface area (Å²) in [6.45, 7) is 6.25. The van der Waals surface area contributed by atoms with Crippen LogP contribution in [0.1, 0.15) is 49.2 Å². The number of rotatable bonds is 9. The molecule has 2 aromatic carbocycles. The van der Waals surface area contributed by atoms with Gasteiger partial charge < -0.3 is 14.8 Å². The number of benzene rings is 2. The van der Waals surface area contributed by atoms with Crippen LogP contribution in [0, 0.1) is 16.0 Å². The maximum atomic E-state index is 13.0. The molecule has 1 amide bonds. The molecule has 0 radical (unpaired) electrons. The van der Waals surface area contributed by atoms with Crippen LogP contribution in [0.5, 0.6) is 11.5 Å². The Balaban J connectivity index is 2.42. The Labute approximate surface area is 164 Å². The standard InChI is InChI=1S/C21H26N2O5/c1-5-28-20-12-16(18(23(25)26)13-19(20)27-4)21(24)22-17(11-14(2)3)15-9-7-6-8-10-15/h6-10,12-14,17H,5,11H2,1-4H3,(H,22,24).